The molecule has 16 heavy (non-hydrogen) atoms. The molecular formula is C11H22N2O3. The van der Waals surface area contributed by atoms with E-state index in [9.17, 15) is 9.90 Å². The quantitative estimate of drug-likeness (QED) is 0.601. The molecule has 1 saturated heterocycles. The van der Waals surface area contributed by atoms with Gasteiger partial charge < -0.3 is 20.9 Å². The van der Waals surface area contributed by atoms with Crippen molar-refractivity contribution in [1.82, 2.24) is 5.32 Å². The van der Waals surface area contributed by atoms with E-state index >= 15 is 0 Å². The maximum absolute atomic E-state index is 11.5. The summed E-state index contributed by atoms with van der Waals surface area (Å²) in [5.41, 5.74) is 5.29. The van der Waals surface area contributed by atoms with E-state index in [1.54, 1.807) is 0 Å². The summed E-state index contributed by atoms with van der Waals surface area (Å²) in [4.78, 5) is 11.5. The smallest absolute Gasteiger partial charge is 0.220 e. The zero-order valence-corrected chi connectivity index (χ0v) is 9.98. The molecule has 1 aliphatic heterocycles. The normalized spacial score (nSPS) is 34.0. The summed E-state index contributed by atoms with van der Waals surface area (Å²) in [6.07, 6.45) is 0.333. The lowest BCUT2D eigenvalue weighted by Gasteiger charge is -2.17. The van der Waals surface area contributed by atoms with Crippen LogP contribution < -0.4 is 11.1 Å². The summed E-state index contributed by atoms with van der Waals surface area (Å²) >= 11 is 0. The highest BCUT2D eigenvalue weighted by Crippen LogP contribution is 2.30. The zero-order valence-electron chi connectivity index (χ0n) is 9.98. The highest BCUT2D eigenvalue weighted by Gasteiger charge is 2.40. The van der Waals surface area contributed by atoms with Crippen molar-refractivity contribution < 1.29 is 14.6 Å². The summed E-state index contributed by atoms with van der Waals surface area (Å²) in [5, 5.41) is 12.7. The number of aliphatic hydroxyl groups is 1. The number of nitrogens with one attached hydrogen (secondary N) is 1. The molecule has 5 nitrogen and oxygen atoms in total. The van der Waals surface area contributed by atoms with Gasteiger partial charge in [0.25, 0.3) is 0 Å². The molecule has 0 saturated carbocycles. The Bertz CT molecular complexity index is 235. The molecule has 1 fully saturated rings. The summed E-state index contributed by atoms with van der Waals surface area (Å²) in [7, 11) is 0. The maximum Gasteiger partial charge on any atom is 0.220 e. The lowest BCUT2D eigenvalue weighted by atomic mass is 9.92. The molecule has 0 aromatic carbocycles. The van der Waals surface area contributed by atoms with E-state index in [0.29, 0.717) is 19.5 Å². The van der Waals surface area contributed by atoms with Gasteiger partial charge in [-0.25, -0.2) is 0 Å². The summed E-state index contributed by atoms with van der Waals surface area (Å²) in [5.74, 6) is -0.176. The lowest BCUT2D eigenvalue weighted by Crippen LogP contribution is -2.35. The molecule has 0 bridgehead atoms. The van der Waals surface area contributed by atoms with Crippen LogP contribution in [0.5, 0.6) is 0 Å². The van der Waals surface area contributed by atoms with Crippen LogP contribution in [0, 0.1) is 5.92 Å². The van der Waals surface area contributed by atoms with Crippen LogP contribution in [0.4, 0.5) is 0 Å². The number of nitrogens with two attached hydrogens (primary N) is 1. The van der Waals surface area contributed by atoms with Crippen molar-refractivity contribution >= 4 is 5.91 Å². The van der Waals surface area contributed by atoms with Crippen LogP contribution in [0.25, 0.3) is 0 Å². The van der Waals surface area contributed by atoms with Crippen LogP contribution in [0.15, 0.2) is 0 Å². The van der Waals surface area contributed by atoms with Crippen LogP contribution in [0.2, 0.25) is 0 Å². The summed E-state index contributed by atoms with van der Waals surface area (Å²) in [6.45, 7) is 4.79. The molecule has 0 aromatic rings. The molecule has 4 N–H and O–H groups in total. The maximum atomic E-state index is 11.5. The molecule has 4 atom stereocenters. The topological polar surface area (TPSA) is 84.6 Å². The van der Waals surface area contributed by atoms with Gasteiger partial charge in [0.2, 0.25) is 5.91 Å². The largest absolute Gasteiger partial charge is 0.390 e. The third-order valence-corrected chi connectivity index (χ3v) is 3.10. The van der Waals surface area contributed by atoms with Gasteiger partial charge in [-0.3, -0.25) is 4.79 Å². The first-order valence-corrected chi connectivity index (χ1v) is 5.90. The van der Waals surface area contributed by atoms with Crippen molar-refractivity contribution in [2.24, 2.45) is 11.7 Å². The van der Waals surface area contributed by atoms with Gasteiger partial charge in [0.1, 0.15) is 0 Å². The molecule has 94 valence electrons. The van der Waals surface area contributed by atoms with Gasteiger partial charge in [0, 0.05) is 25.4 Å². The van der Waals surface area contributed by atoms with Crippen molar-refractivity contribution in [3.05, 3.63) is 0 Å². The fraction of sp³-hybridized carbons (Fsp3) is 0.909. The van der Waals surface area contributed by atoms with E-state index in [1.165, 1.54) is 0 Å². The minimum absolute atomic E-state index is 0.0661. The number of carbonyl (C=O) groups is 1. The average Bonchev–Trinajstić information content (AvgIpc) is 2.53. The van der Waals surface area contributed by atoms with Gasteiger partial charge in [-0.05, 0) is 13.3 Å². The van der Waals surface area contributed by atoms with Crippen LogP contribution >= 0.6 is 0 Å². The second-order valence-corrected chi connectivity index (χ2v) is 4.29. The van der Waals surface area contributed by atoms with Crippen LogP contribution in [0.3, 0.4) is 0 Å². The first-order chi connectivity index (χ1) is 7.60. The van der Waals surface area contributed by atoms with Crippen molar-refractivity contribution in [2.45, 2.75) is 45.0 Å². The molecule has 1 heterocycles. The molecular weight excluding hydrogens is 208 g/mol. The summed E-state index contributed by atoms with van der Waals surface area (Å²) < 4.78 is 5.59. The predicted octanol–water partition coefficient (Wildman–Crippen LogP) is -0.374. The Balaban J connectivity index is 2.44. The molecule has 0 radical (unpaired) electrons. The Labute approximate surface area is 96.3 Å². The standard InChI is InChI=1S/C11H22N2O3/c1-3-9-11(15)8(7(2)16-9)6-10(14)13-5-4-12/h7-9,11,15H,3-6,12H2,1-2H3,(H,13,14)/t7-,8+,9+,11?/m0/s1. The molecule has 1 unspecified atom stereocenters. The zero-order chi connectivity index (χ0) is 12.1. The fourth-order valence-corrected chi connectivity index (χ4v) is 2.13. The minimum atomic E-state index is -0.538. The third kappa shape index (κ3) is 3.17. The lowest BCUT2D eigenvalue weighted by molar-refractivity contribution is -0.122. The van der Waals surface area contributed by atoms with Gasteiger partial charge in [-0.15, -0.1) is 0 Å². The molecule has 1 rings (SSSR count). The Morgan fingerprint density at radius 1 is 1.56 bits per heavy atom. The number of hydrogen-bond donors (Lipinski definition) is 3. The molecule has 0 aromatic heterocycles. The van der Waals surface area contributed by atoms with E-state index in [0.717, 1.165) is 6.42 Å². The minimum Gasteiger partial charge on any atom is -0.390 e. The van der Waals surface area contributed by atoms with E-state index in [1.807, 2.05) is 13.8 Å². The van der Waals surface area contributed by atoms with Crippen molar-refractivity contribution in [2.75, 3.05) is 13.1 Å². The number of amides is 1. The first kappa shape index (κ1) is 13.4. The van der Waals surface area contributed by atoms with Crippen molar-refractivity contribution in [3.8, 4) is 0 Å². The van der Waals surface area contributed by atoms with E-state index in [2.05, 4.69) is 5.32 Å². The van der Waals surface area contributed by atoms with Gasteiger partial charge in [0.05, 0.1) is 18.3 Å². The van der Waals surface area contributed by atoms with E-state index < -0.39 is 6.10 Å². The molecule has 0 aliphatic carbocycles. The Morgan fingerprint density at radius 2 is 2.25 bits per heavy atom. The SMILES string of the molecule is CC[C@H]1O[C@@H](C)[C@@H](CC(=O)NCCN)C1O. The fourth-order valence-electron chi connectivity index (χ4n) is 2.13. The van der Waals surface area contributed by atoms with Crippen molar-refractivity contribution in [1.29, 1.82) is 0 Å². The van der Waals surface area contributed by atoms with E-state index in [-0.39, 0.29) is 24.0 Å². The average molecular weight is 230 g/mol. The second kappa shape index (κ2) is 6.18. The number of carbonyl (C=O) groups excluding carboxylic acids is 1. The highest BCUT2D eigenvalue weighted by atomic mass is 16.5. The Morgan fingerprint density at radius 3 is 2.75 bits per heavy atom. The first-order valence-electron chi connectivity index (χ1n) is 5.90. The highest BCUT2D eigenvalue weighted by molar-refractivity contribution is 5.76. The number of hydrogen-bond acceptors (Lipinski definition) is 4. The van der Waals surface area contributed by atoms with Gasteiger partial charge in [-0.1, -0.05) is 6.92 Å². The number of ether oxygens (including phenoxy) is 1. The molecule has 1 aliphatic rings. The number of aliphatic hydroxyl groups excluding tert-OH is 1. The van der Waals surface area contributed by atoms with Crippen LogP contribution in [-0.2, 0) is 9.53 Å². The third-order valence-electron chi connectivity index (χ3n) is 3.10. The Kier molecular flexibility index (Phi) is 5.18. The van der Waals surface area contributed by atoms with Gasteiger partial charge in [-0.2, -0.15) is 0 Å². The molecule has 5 heteroatoms. The van der Waals surface area contributed by atoms with Crippen LogP contribution in [0.1, 0.15) is 26.7 Å². The summed E-state index contributed by atoms with van der Waals surface area (Å²) in [6, 6.07) is 0. The second-order valence-electron chi connectivity index (χ2n) is 4.29. The molecule has 0 spiro atoms. The Hall–Kier alpha value is -0.650. The molecule has 1 amide bonds. The van der Waals surface area contributed by atoms with Crippen LogP contribution in [-0.4, -0.2) is 42.4 Å². The van der Waals surface area contributed by atoms with Gasteiger partial charge >= 0.3 is 0 Å². The predicted molar refractivity (Wildman–Crippen MR) is 60.8 cm³/mol. The number of rotatable bonds is 5. The van der Waals surface area contributed by atoms with Crippen molar-refractivity contribution in [3.63, 3.8) is 0 Å². The van der Waals surface area contributed by atoms with E-state index in [4.69, 9.17) is 10.5 Å². The van der Waals surface area contributed by atoms with Gasteiger partial charge in [0.15, 0.2) is 0 Å². The monoisotopic (exact) mass is 230 g/mol.